The van der Waals surface area contributed by atoms with Crippen LogP contribution in [0.25, 0.3) is 16.9 Å². The van der Waals surface area contributed by atoms with Crippen molar-refractivity contribution in [2.24, 2.45) is 0 Å². The number of carbonyl (C=O) groups excluding carboxylic acids is 1. The lowest BCUT2D eigenvalue weighted by Gasteiger charge is -2.08. The van der Waals surface area contributed by atoms with E-state index in [0.29, 0.717) is 22.0 Å². The highest BCUT2D eigenvalue weighted by Crippen LogP contribution is 2.27. The first-order valence-corrected chi connectivity index (χ1v) is 9.33. The van der Waals surface area contributed by atoms with E-state index < -0.39 is 5.97 Å². The molecule has 0 aliphatic carbocycles. The number of carbonyl (C=O) groups is 1. The van der Waals surface area contributed by atoms with Gasteiger partial charge in [0.05, 0.1) is 17.8 Å². The van der Waals surface area contributed by atoms with Crippen LogP contribution in [0.15, 0.2) is 84.9 Å². The van der Waals surface area contributed by atoms with Crippen molar-refractivity contribution in [1.82, 2.24) is 9.78 Å². The molecule has 29 heavy (non-hydrogen) atoms. The summed E-state index contributed by atoms with van der Waals surface area (Å²) in [6.07, 6.45) is 0.0156. The van der Waals surface area contributed by atoms with Crippen LogP contribution in [0.4, 0.5) is 4.39 Å². The molecule has 3 aromatic carbocycles. The third kappa shape index (κ3) is 4.52. The molecule has 0 spiro atoms. The minimum absolute atomic E-state index is 0.0156. The van der Waals surface area contributed by atoms with Crippen molar-refractivity contribution < 1.29 is 13.9 Å². The molecule has 0 unspecified atom stereocenters. The fraction of sp³-hybridized carbons (Fsp3) is 0.0435. The van der Waals surface area contributed by atoms with E-state index in [1.54, 1.807) is 36.4 Å². The molecule has 0 aliphatic heterocycles. The first-order chi connectivity index (χ1) is 14.1. The summed E-state index contributed by atoms with van der Waals surface area (Å²) in [6.45, 7) is 0. The van der Waals surface area contributed by atoms with Crippen molar-refractivity contribution in [3.63, 3.8) is 0 Å². The molecular formula is C23H16ClFN2O2. The number of benzene rings is 3. The Morgan fingerprint density at radius 3 is 2.45 bits per heavy atom. The largest absolute Gasteiger partial charge is 0.407 e. The Morgan fingerprint density at radius 1 is 0.966 bits per heavy atom. The lowest BCUT2D eigenvalue weighted by atomic mass is 10.1. The van der Waals surface area contributed by atoms with Gasteiger partial charge in [-0.25, -0.2) is 4.39 Å². The number of ether oxygens (including phenoxy) is 1. The second-order valence-electron chi connectivity index (χ2n) is 6.40. The highest BCUT2D eigenvalue weighted by Gasteiger charge is 2.16. The molecule has 0 atom stereocenters. The van der Waals surface area contributed by atoms with Gasteiger partial charge in [-0.15, -0.1) is 0 Å². The molecule has 0 bridgehead atoms. The minimum atomic E-state index is -0.473. The first-order valence-electron chi connectivity index (χ1n) is 8.95. The smallest absolute Gasteiger partial charge is 0.316 e. The number of rotatable bonds is 5. The molecule has 1 aromatic heterocycles. The van der Waals surface area contributed by atoms with Crippen LogP contribution in [-0.2, 0) is 11.2 Å². The number of esters is 1. The zero-order valence-corrected chi connectivity index (χ0v) is 16.0. The monoisotopic (exact) mass is 406 g/mol. The van der Waals surface area contributed by atoms with E-state index in [-0.39, 0.29) is 18.1 Å². The summed E-state index contributed by atoms with van der Waals surface area (Å²) in [5.74, 6) is -0.550. The standard InChI is InChI=1S/C23H16ClFN2O2/c24-18-7-4-8-20(14-18)27-22(15-21(26-27)17-5-2-1-3-6-17)29-23(28)13-16-9-11-19(25)12-10-16/h1-12,14-15H,13H2. The second kappa shape index (κ2) is 8.29. The van der Waals surface area contributed by atoms with Crippen molar-refractivity contribution in [1.29, 1.82) is 0 Å². The van der Waals surface area contributed by atoms with Crippen LogP contribution < -0.4 is 4.74 Å². The van der Waals surface area contributed by atoms with Crippen molar-refractivity contribution in [3.05, 3.63) is 101 Å². The minimum Gasteiger partial charge on any atom is -0.407 e. The van der Waals surface area contributed by atoms with E-state index >= 15 is 0 Å². The number of hydrogen-bond acceptors (Lipinski definition) is 3. The molecule has 4 aromatic rings. The Labute approximate surface area is 172 Å². The molecule has 4 rings (SSSR count). The average Bonchev–Trinajstić information content (AvgIpc) is 3.14. The molecule has 0 N–H and O–H groups in total. The topological polar surface area (TPSA) is 44.1 Å². The van der Waals surface area contributed by atoms with Gasteiger partial charge in [-0.2, -0.15) is 9.78 Å². The predicted octanol–water partition coefficient (Wildman–Crippen LogP) is 5.48. The van der Waals surface area contributed by atoms with Gasteiger partial charge < -0.3 is 4.74 Å². The van der Waals surface area contributed by atoms with Crippen molar-refractivity contribution >= 4 is 17.6 Å². The van der Waals surface area contributed by atoms with E-state index in [1.165, 1.54) is 16.8 Å². The fourth-order valence-corrected chi connectivity index (χ4v) is 3.09. The van der Waals surface area contributed by atoms with Crippen LogP contribution in [0.2, 0.25) is 5.02 Å². The van der Waals surface area contributed by atoms with Gasteiger partial charge in [0, 0.05) is 16.7 Å². The average molecular weight is 407 g/mol. The lowest BCUT2D eigenvalue weighted by molar-refractivity contribution is -0.134. The summed E-state index contributed by atoms with van der Waals surface area (Å²) in [5, 5.41) is 5.14. The van der Waals surface area contributed by atoms with Gasteiger partial charge in [-0.1, -0.05) is 60.1 Å². The maximum atomic E-state index is 13.1. The van der Waals surface area contributed by atoms with Crippen LogP contribution in [0.1, 0.15) is 5.56 Å². The van der Waals surface area contributed by atoms with E-state index in [4.69, 9.17) is 16.3 Å². The molecule has 0 radical (unpaired) electrons. The number of halogens is 2. The van der Waals surface area contributed by atoms with Crippen LogP contribution in [0.5, 0.6) is 5.88 Å². The van der Waals surface area contributed by atoms with Gasteiger partial charge in [0.15, 0.2) is 0 Å². The van der Waals surface area contributed by atoms with Crippen LogP contribution in [0.3, 0.4) is 0 Å². The maximum absolute atomic E-state index is 13.1. The summed E-state index contributed by atoms with van der Waals surface area (Å²) >= 11 is 6.12. The Morgan fingerprint density at radius 2 is 1.72 bits per heavy atom. The summed E-state index contributed by atoms with van der Waals surface area (Å²) in [4.78, 5) is 12.5. The fourth-order valence-electron chi connectivity index (χ4n) is 2.90. The van der Waals surface area contributed by atoms with Gasteiger partial charge in [-0.05, 0) is 35.9 Å². The zero-order chi connectivity index (χ0) is 20.2. The van der Waals surface area contributed by atoms with Gasteiger partial charge in [0.25, 0.3) is 0 Å². The van der Waals surface area contributed by atoms with E-state index in [1.807, 2.05) is 36.4 Å². The molecule has 6 heteroatoms. The van der Waals surface area contributed by atoms with Gasteiger partial charge >= 0.3 is 5.97 Å². The number of aromatic nitrogens is 2. The van der Waals surface area contributed by atoms with Crippen molar-refractivity contribution in [3.8, 4) is 22.8 Å². The molecule has 1 heterocycles. The molecule has 0 fully saturated rings. The Balaban J connectivity index is 1.66. The highest BCUT2D eigenvalue weighted by molar-refractivity contribution is 6.30. The molecule has 144 valence electrons. The Bertz CT molecular complexity index is 1140. The first kappa shape index (κ1) is 18.9. The van der Waals surface area contributed by atoms with E-state index in [2.05, 4.69) is 5.10 Å². The van der Waals surface area contributed by atoms with Gasteiger partial charge in [-0.3, -0.25) is 4.79 Å². The Kier molecular flexibility index (Phi) is 5.40. The third-order valence-electron chi connectivity index (χ3n) is 4.28. The van der Waals surface area contributed by atoms with E-state index in [9.17, 15) is 9.18 Å². The Hall–Kier alpha value is -3.44. The molecule has 0 aliphatic rings. The summed E-state index contributed by atoms with van der Waals surface area (Å²) in [7, 11) is 0. The molecule has 0 saturated heterocycles. The molecule has 0 saturated carbocycles. The maximum Gasteiger partial charge on any atom is 0.316 e. The lowest BCUT2D eigenvalue weighted by Crippen LogP contribution is -2.14. The quantitative estimate of drug-likeness (QED) is 0.412. The van der Waals surface area contributed by atoms with Crippen molar-refractivity contribution in [2.75, 3.05) is 0 Å². The zero-order valence-electron chi connectivity index (χ0n) is 15.3. The van der Waals surface area contributed by atoms with Crippen LogP contribution >= 0.6 is 11.6 Å². The van der Waals surface area contributed by atoms with E-state index in [0.717, 1.165) is 5.56 Å². The van der Waals surface area contributed by atoms with Gasteiger partial charge in [0.2, 0.25) is 5.88 Å². The number of hydrogen-bond donors (Lipinski definition) is 0. The third-order valence-corrected chi connectivity index (χ3v) is 4.51. The predicted molar refractivity (Wildman–Crippen MR) is 110 cm³/mol. The molecule has 0 amide bonds. The van der Waals surface area contributed by atoms with Crippen LogP contribution in [0, 0.1) is 5.82 Å². The normalized spacial score (nSPS) is 10.7. The highest BCUT2D eigenvalue weighted by atomic mass is 35.5. The molecular weight excluding hydrogens is 391 g/mol. The van der Waals surface area contributed by atoms with Crippen molar-refractivity contribution in [2.45, 2.75) is 6.42 Å². The summed E-state index contributed by atoms with van der Waals surface area (Å²) < 4.78 is 20.2. The SMILES string of the molecule is O=C(Cc1ccc(F)cc1)Oc1cc(-c2ccccc2)nn1-c1cccc(Cl)c1. The second-order valence-corrected chi connectivity index (χ2v) is 6.84. The molecule has 4 nitrogen and oxygen atoms in total. The van der Waals surface area contributed by atoms with Crippen LogP contribution in [-0.4, -0.2) is 15.7 Å². The summed E-state index contributed by atoms with van der Waals surface area (Å²) in [6, 6.07) is 24.1. The number of nitrogens with zero attached hydrogens (tertiary/aromatic N) is 2. The summed E-state index contributed by atoms with van der Waals surface area (Å²) in [5.41, 5.74) is 2.89. The van der Waals surface area contributed by atoms with Gasteiger partial charge in [0.1, 0.15) is 5.82 Å².